The van der Waals surface area contributed by atoms with Gasteiger partial charge in [0.15, 0.2) is 0 Å². The molecule has 2 aliphatic rings. The van der Waals surface area contributed by atoms with E-state index < -0.39 is 0 Å². The molecule has 0 aromatic heterocycles. The second-order valence-electron chi connectivity index (χ2n) is 6.36. The van der Waals surface area contributed by atoms with E-state index in [2.05, 4.69) is 6.92 Å². The molecular weight excluding hydrogens is 239 g/mol. The first-order chi connectivity index (χ1) is 9.38. The van der Waals surface area contributed by atoms with E-state index in [0.717, 1.165) is 6.42 Å². The van der Waals surface area contributed by atoms with Crippen LogP contribution >= 0.6 is 0 Å². The minimum Gasteiger partial charge on any atom is -0.466 e. The summed E-state index contributed by atoms with van der Waals surface area (Å²) in [4.78, 5) is 5.02. The van der Waals surface area contributed by atoms with Crippen LogP contribution in [-0.4, -0.2) is 17.9 Å². The predicted octanol–water partition coefficient (Wildman–Crippen LogP) is 2.62. The van der Waals surface area contributed by atoms with Crippen LogP contribution in [0, 0.1) is 0 Å². The van der Waals surface area contributed by atoms with Crippen LogP contribution in [0.3, 0.4) is 0 Å². The average Bonchev–Trinajstić information content (AvgIpc) is 2.47. The zero-order valence-electron chi connectivity index (χ0n) is 13.7. The fraction of sp³-hybridized carbons (Fsp3) is 0.941. The van der Waals surface area contributed by atoms with Crippen LogP contribution in [0.25, 0.3) is 5.32 Å². The first-order valence-electron chi connectivity index (χ1n) is 8.66. The number of unbranched alkanes of at least 4 members (excludes halogenated alkanes) is 1. The summed E-state index contributed by atoms with van der Waals surface area (Å²) in [5.74, 6) is 1.21. The maximum absolute atomic E-state index is 5.02. The molecule has 2 saturated carbocycles. The quantitative estimate of drug-likeness (QED) is 0.417. The van der Waals surface area contributed by atoms with Gasteiger partial charge in [0.1, 0.15) is 0 Å². The van der Waals surface area contributed by atoms with Gasteiger partial charge in [0, 0.05) is 0 Å². The van der Waals surface area contributed by atoms with Crippen LogP contribution in [0.5, 0.6) is 0 Å². The standard InChI is InChI=1S/C17H31N2.Li/c1-2-3-14-17(18-15-10-6-4-7-11-15)19-16-12-8-5-9-13-16;/h15-16H,2-14H2,1H3;/q-1;+1. The van der Waals surface area contributed by atoms with Gasteiger partial charge in [-0.15, -0.1) is 0 Å². The molecule has 0 N–H and O–H groups in total. The summed E-state index contributed by atoms with van der Waals surface area (Å²) in [6.45, 7) is 2.26. The number of nitrogens with zero attached hydrogens (tertiary/aromatic N) is 2. The van der Waals surface area contributed by atoms with E-state index in [-0.39, 0.29) is 18.9 Å². The number of aliphatic imine (C=N–C) groups is 1. The van der Waals surface area contributed by atoms with Crippen molar-refractivity contribution in [2.75, 3.05) is 0 Å². The van der Waals surface area contributed by atoms with Crippen molar-refractivity contribution in [3.8, 4) is 0 Å². The van der Waals surface area contributed by atoms with Gasteiger partial charge in [0.2, 0.25) is 0 Å². The summed E-state index contributed by atoms with van der Waals surface area (Å²) in [6.07, 6.45) is 17.1. The van der Waals surface area contributed by atoms with E-state index in [4.69, 9.17) is 10.3 Å². The van der Waals surface area contributed by atoms with Gasteiger partial charge < -0.3 is 10.3 Å². The van der Waals surface area contributed by atoms with Crippen LogP contribution < -0.4 is 18.9 Å². The summed E-state index contributed by atoms with van der Waals surface area (Å²) >= 11 is 0. The van der Waals surface area contributed by atoms with Crippen molar-refractivity contribution >= 4 is 5.84 Å². The van der Waals surface area contributed by atoms with E-state index in [0.29, 0.717) is 12.1 Å². The molecule has 20 heavy (non-hydrogen) atoms. The Morgan fingerprint density at radius 3 is 2.15 bits per heavy atom. The Labute approximate surface area is 137 Å². The van der Waals surface area contributed by atoms with Crippen LogP contribution in [0.1, 0.15) is 90.4 Å². The van der Waals surface area contributed by atoms with Gasteiger partial charge in [-0.2, -0.15) is 0 Å². The van der Waals surface area contributed by atoms with E-state index in [9.17, 15) is 0 Å². The maximum Gasteiger partial charge on any atom is 1.00 e. The zero-order valence-corrected chi connectivity index (χ0v) is 13.7. The van der Waals surface area contributed by atoms with Crippen molar-refractivity contribution in [2.45, 2.75) is 102 Å². The first-order valence-corrected chi connectivity index (χ1v) is 8.66. The summed E-state index contributed by atoms with van der Waals surface area (Å²) in [6, 6.07) is 1.18. The third-order valence-corrected chi connectivity index (χ3v) is 4.57. The first kappa shape index (κ1) is 18.1. The van der Waals surface area contributed by atoms with Gasteiger partial charge >= 0.3 is 18.9 Å². The molecule has 0 atom stereocenters. The molecule has 0 aromatic carbocycles. The Bertz CT molecular complexity index is 266. The fourth-order valence-corrected chi connectivity index (χ4v) is 3.34. The molecule has 2 nitrogen and oxygen atoms in total. The molecule has 110 valence electrons. The smallest absolute Gasteiger partial charge is 0.466 e. The van der Waals surface area contributed by atoms with Crippen molar-refractivity contribution in [3.05, 3.63) is 5.32 Å². The maximum atomic E-state index is 5.02. The molecule has 0 unspecified atom stereocenters. The van der Waals surface area contributed by atoms with Crippen molar-refractivity contribution in [3.63, 3.8) is 0 Å². The molecule has 0 saturated heterocycles. The molecule has 0 heterocycles. The third-order valence-electron chi connectivity index (χ3n) is 4.57. The molecule has 2 aliphatic carbocycles. The van der Waals surface area contributed by atoms with Crippen LogP contribution in [0.15, 0.2) is 4.99 Å². The minimum atomic E-state index is 0. The molecule has 3 heteroatoms. The molecule has 0 aromatic rings. The monoisotopic (exact) mass is 270 g/mol. The van der Waals surface area contributed by atoms with Crippen molar-refractivity contribution in [1.29, 1.82) is 0 Å². The Morgan fingerprint density at radius 2 is 1.55 bits per heavy atom. The van der Waals surface area contributed by atoms with Crippen LogP contribution in [-0.2, 0) is 0 Å². The topological polar surface area (TPSA) is 26.5 Å². The number of hydrogen-bond acceptors (Lipinski definition) is 1. The predicted molar refractivity (Wildman–Crippen MR) is 84.1 cm³/mol. The zero-order chi connectivity index (χ0) is 13.3. The fourth-order valence-electron chi connectivity index (χ4n) is 3.34. The molecule has 0 amide bonds. The largest absolute Gasteiger partial charge is 1.00 e. The van der Waals surface area contributed by atoms with E-state index >= 15 is 0 Å². The Balaban J connectivity index is 0.00000200. The normalized spacial score (nSPS) is 22.4. The van der Waals surface area contributed by atoms with Gasteiger partial charge in [-0.25, -0.2) is 0 Å². The molecule has 2 rings (SSSR count). The molecule has 2 fully saturated rings. The van der Waals surface area contributed by atoms with Gasteiger partial charge in [-0.05, 0) is 18.5 Å². The van der Waals surface area contributed by atoms with E-state index in [1.807, 2.05) is 0 Å². The van der Waals surface area contributed by atoms with Crippen molar-refractivity contribution in [1.82, 2.24) is 0 Å². The van der Waals surface area contributed by atoms with Crippen molar-refractivity contribution in [2.24, 2.45) is 4.99 Å². The molecule has 0 bridgehead atoms. The second kappa shape index (κ2) is 10.7. The Morgan fingerprint density at radius 1 is 0.950 bits per heavy atom. The van der Waals surface area contributed by atoms with Crippen molar-refractivity contribution < 1.29 is 18.9 Å². The Kier molecular flexibility index (Phi) is 9.73. The number of hydrogen-bond donors (Lipinski definition) is 0. The van der Waals surface area contributed by atoms with Gasteiger partial charge in [-0.3, -0.25) is 0 Å². The van der Waals surface area contributed by atoms with E-state index in [1.54, 1.807) is 0 Å². The molecule has 0 spiro atoms. The SMILES string of the molecule is CCCCC(=NC1CCCCC1)[N-]C1CCCCC1.[Li+]. The summed E-state index contributed by atoms with van der Waals surface area (Å²) < 4.78 is 0. The number of rotatable bonds is 5. The number of amidine groups is 1. The summed E-state index contributed by atoms with van der Waals surface area (Å²) in [5, 5.41) is 5.02. The molecule has 0 aliphatic heterocycles. The summed E-state index contributed by atoms with van der Waals surface area (Å²) in [7, 11) is 0. The summed E-state index contributed by atoms with van der Waals surface area (Å²) in [5.41, 5.74) is 0. The molecular formula is C17H31LiN2. The second-order valence-corrected chi connectivity index (χ2v) is 6.36. The van der Waals surface area contributed by atoms with Gasteiger partial charge in [0.25, 0.3) is 0 Å². The van der Waals surface area contributed by atoms with Crippen LogP contribution in [0.2, 0.25) is 0 Å². The van der Waals surface area contributed by atoms with Gasteiger partial charge in [-0.1, -0.05) is 89.8 Å². The Hall–Kier alpha value is 0.0674. The molecule has 0 radical (unpaired) electrons. The van der Waals surface area contributed by atoms with Crippen LogP contribution in [0.4, 0.5) is 0 Å². The van der Waals surface area contributed by atoms with Gasteiger partial charge in [0.05, 0.1) is 0 Å². The minimum absolute atomic E-state index is 0. The van der Waals surface area contributed by atoms with E-state index in [1.165, 1.54) is 82.9 Å². The third kappa shape index (κ3) is 6.68. The average molecular weight is 270 g/mol.